The Morgan fingerprint density at radius 2 is 1.47 bits per heavy atom. The fourth-order valence-corrected chi connectivity index (χ4v) is 6.79. The van der Waals surface area contributed by atoms with Gasteiger partial charge in [-0.05, 0) is 0 Å². The summed E-state index contributed by atoms with van der Waals surface area (Å²) in [7, 11) is 0. The number of hydrogen-bond acceptors (Lipinski definition) is 1. The Bertz CT molecular complexity index is 544. The first-order chi connectivity index (χ1) is 9.27. The van der Waals surface area contributed by atoms with Crippen molar-refractivity contribution in [1.82, 2.24) is 0 Å². The number of halogens is 1. The number of benzene rings is 2. The van der Waals surface area contributed by atoms with E-state index in [4.69, 9.17) is 0 Å². The van der Waals surface area contributed by atoms with Gasteiger partial charge in [-0.2, -0.15) is 0 Å². The van der Waals surface area contributed by atoms with Crippen LogP contribution in [-0.2, 0) is 0 Å². The van der Waals surface area contributed by atoms with Gasteiger partial charge in [0.15, 0.2) is 0 Å². The summed E-state index contributed by atoms with van der Waals surface area (Å²) in [6.07, 6.45) is 0. The molecule has 0 heterocycles. The van der Waals surface area contributed by atoms with E-state index < -0.39 is 19.8 Å². The summed E-state index contributed by atoms with van der Waals surface area (Å²) in [5, 5.41) is 0. The molecule has 0 atom stereocenters. The summed E-state index contributed by atoms with van der Waals surface area (Å²) in [5.41, 5.74) is 1.71. The van der Waals surface area contributed by atoms with Crippen LogP contribution in [0.3, 0.4) is 0 Å². The van der Waals surface area contributed by atoms with Gasteiger partial charge in [0, 0.05) is 0 Å². The van der Waals surface area contributed by atoms with Gasteiger partial charge < -0.3 is 0 Å². The van der Waals surface area contributed by atoms with Crippen LogP contribution >= 0.6 is 19.8 Å². The molecule has 0 N–H and O–H groups in total. The van der Waals surface area contributed by atoms with E-state index in [0.717, 1.165) is 11.1 Å². The molecule has 0 saturated heterocycles. The summed E-state index contributed by atoms with van der Waals surface area (Å²) in [6.45, 7) is 4.50. The Balaban J connectivity index is 2.43. The van der Waals surface area contributed by atoms with E-state index in [-0.39, 0.29) is 5.78 Å². The van der Waals surface area contributed by atoms with Crippen LogP contribution in [-0.4, -0.2) is 14.6 Å². The molecule has 2 rings (SSSR count). The third-order valence-corrected chi connectivity index (χ3v) is 9.35. The normalized spacial score (nSPS) is 11.2. The van der Waals surface area contributed by atoms with Gasteiger partial charge in [-0.1, -0.05) is 0 Å². The monoisotopic (exact) mass is 366 g/mol. The van der Waals surface area contributed by atoms with Gasteiger partial charge in [0.2, 0.25) is 0 Å². The third kappa shape index (κ3) is 3.24. The van der Waals surface area contributed by atoms with E-state index in [9.17, 15) is 4.79 Å². The summed E-state index contributed by atoms with van der Waals surface area (Å²) in [6, 6.07) is 17.8. The van der Waals surface area contributed by atoms with Crippen molar-refractivity contribution in [3.05, 3.63) is 69.3 Å². The molecule has 2 heteroatoms. The third-order valence-electron chi connectivity index (χ3n) is 3.09. The Labute approximate surface area is 122 Å². The molecule has 2 aromatic rings. The van der Waals surface area contributed by atoms with Crippen LogP contribution in [0.2, 0.25) is 0 Å². The fraction of sp³-hybridized carbons (Fsp3) is 0.235. The number of hydrogen-bond donors (Lipinski definition) is 0. The van der Waals surface area contributed by atoms with E-state index in [2.05, 4.69) is 26.0 Å². The standard InChI is InChI=1S/C17H19IO/c1-3-18(4-2)16-13-9-8-12-15(16)17(19)14-10-6-5-7-11-14/h5-13H,3-4H2,1-2H3. The maximum absolute atomic E-state index is 12.6. The van der Waals surface area contributed by atoms with Crippen LogP contribution in [0.4, 0.5) is 0 Å². The molecule has 19 heavy (non-hydrogen) atoms. The van der Waals surface area contributed by atoms with Crippen LogP contribution in [0.5, 0.6) is 0 Å². The first kappa shape index (κ1) is 14.3. The van der Waals surface area contributed by atoms with Gasteiger partial charge in [0.05, 0.1) is 0 Å². The molecule has 0 saturated carbocycles. The van der Waals surface area contributed by atoms with E-state index in [1.807, 2.05) is 42.5 Å². The topological polar surface area (TPSA) is 17.1 Å². The molecule has 0 spiro atoms. The van der Waals surface area contributed by atoms with Crippen molar-refractivity contribution in [2.45, 2.75) is 13.8 Å². The molecule has 0 radical (unpaired) electrons. The number of rotatable bonds is 5. The Morgan fingerprint density at radius 1 is 0.895 bits per heavy atom. The molecule has 0 bridgehead atoms. The second kappa shape index (κ2) is 6.85. The maximum atomic E-state index is 12.6. The minimum atomic E-state index is -1.18. The van der Waals surface area contributed by atoms with Crippen molar-refractivity contribution in [3.8, 4) is 0 Å². The van der Waals surface area contributed by atoms with Gasteiger partial charge in [-0.15, -0.1) is 0 Å². The summed E-state index contributed by atoms with van der Waals surface area (Å²) in [4.78, 5) is 12.6. The molecule has 100 valence electrons. The number of carbonyl (C=O) groups is 1. The summed E-state index contributed by atoms with van der Waals surface area (Å²) >= 11 is -1.18. The zero-order valence-corrected chi connectivity index (χ0v) is 13.6. The van der Waals surface area contributed by atoms with Gasteiger partial charge in [0.25, 0.3) is 0 Å². The van der Waals surface area contributed by atoms with Gasteiger partial charge in [0.1, 0.15) is 0 Å². The molecule has 0 aliphatic heterocycles. The molecule has 2 aromatic carbocycles. The van der Waals surface area contributed by atoms with Crippen LogP contribution in [0.15, 0.2) is 54.6 Å². The van der Waals surface area contributed by atoms with Gasteiger partial charge in [-0.3, -0.25) is 0 Å². The minimum absolute atomic E-state index is 0.167. The SMILES string of the molecule is CCI(CC)c1ccccc1C(=O)c1ccccc1. The zero-order valence-electron chi connectivity index (χ0n) is 11.4. The van der Waals surface area contributed by atoms with Crippen molar-refractivity contribution in [2.24, 2.45) is 0 Å². The Morgan fingerprint density at radius 3 is 2.11 bits per heavy atom. The van der Waals surface area contributed by atoms with E-state index in [1.54, 1.807) is 0 Å². The molecule has 0 amide bonds. The molecule has 0 aliphatic rings. The van der Waals surface area contributed by atoms with Crippen molar-refractivity contribution >= 4 is 25.6 Å². The van der Waals surface area contributed by atoms with E-state index in [0.29, 0.717) is 0 Å². The van der Waals surface area contributed by atoms with Crippen molar-refractivity contribution in [2.75, 3.05) is 8.86 Å². The Hall–Kier alpha value is -1.16. The van der Waals surface area contributed by atoms with Crippen LogP contribution in [0.1, 0.15) is 29.8 Å². The first-order valence-corrected chi connectivity index (χ1v) is 10.7. The molecule has 0 unspecified atom stereocenters. The average molecular weight is 366 g/mol. The predicted molar refractivity (Wildman–Crippen MR) is 90.1 cm³/mol. The van der Waals surface area contributed by atoms with Crippen LogP contribution in [0.25, 0.3) is 0 Å². The van der Waals surface area contributed by atoms with Gasteiger partial charge in [-0.25, -0.2) is 0 Å². The Kier molecular flexibility index (Phi) is 5.14. The zero-order chi connectivity index (χ0) is 13.7. The molecule has 0 aromatic heterocycles. The summed E-state index contributed by atoms with van der Waals surface area (Å²) < 4.78 is 3.78. The fourth-order valence-electron chi connectivity index (χ4n) is 2.10. The number of ketones is 1. The molecular formula is C17H19IO. The van der Waals surface area contributed by atoms with Crippen molar-refractivity contribution in [3.63, 3.8) is 0 Å². The molecular weight excluding hydrogens is 347 g/mol. The quantitative estimate of drug-likeness (QED) is 0.428. The van der Waals surface area contributed by atoms with Crippen molar-refractivity contribution < 1.29 is 4.79 Å². The van der Waals surface area contributed by atoms with E-state index >= 15 is 0 Å². The predicted octanol–water partition coefficient (Wildman–Crippen LogP) is 4.63. The first-order valence-electron chi connectivity index (χ1n) is 6.58. The summed E-state index contributed by atoms with van der Waals surface area (Å²) in [5.74, 6) is 0.167. The van der Waals surface area contributed by atoms with Crippen LogP contribution < -0.4 is 0 Å². The van der Waals surface area contributed by atoms with Crippen LogP contribution in [0, 0.1) is 3.57 Å². The van der Waals surface area contributed by atoms with Crippen molar-refractivity contribution in [1.29, 1.82) is 0 Å². The average Bonchev–Trinajstić information content (AvgIpc) is 2.49. The molecule has 0 aliphatic carbocycles. The second-order valence-corrected chi connectivity index (χ2v) is 11.0. The van der Waals surface area contributed by atoms with E-state index in [1.165, 1.54) is 12.4 Å². The second-order valence-electron chi connectivity index (χ2n) is 4.17. The molecule has 1 nitrogen and oxygen atoms in total. The number of carbonyl (C=O) groups excluding carboxylic acids is 1. The molecule has 0 fully saturated rings. The van der Waals surface area contributed by atoms with Gasteiger partial charge >= 0.3 is 122 Å². The number of alkyl halides is 2.